The number of hydrogen-bond acceptors (Lipinski definition) is 4. The van der Waals surface area contributed by atoms with Crippen LogP contribution in [0.25, 0.3) is 0 Å². The fraction of sp³-hybridized carbons (Fsp3) is 0.273. The monoisotopic (exact) mass is 266 g/mol. The van der Waals surface area contributed by atoms with Gasteiger partial charge in [0.25, 0.3) is 0 Å². The summed E-state index contributed by atoms with van der Waals surface area (Å²) in [6, 6.07) is 8.96. The van der Waals surface area contributed by atoms with Gasteiger partial charge >= 0.3 is 0 Å². The lowest BCUT2D eigenvalue weighted by molar-refractivity contribution is 0.446. The average Bonchev–Trinajstić information content (AvgIpc) is 2.80. The molecule has 96 valence electrons. The topological polar surface area (TPSA) is 76.9 Å². The zero-order valence-corrected chi connectivity index (χ0v) is 10.7. The fourth-order valence-electron chi connectivity index (χ4n) is 1.66. The maximum Gasteiger partial charge on any atom is 0.209 e. The van der Waals surface area contributed by atoms with Crippen molar-refractivity contribution in [1.82, 2.24) is 19.7 Å². The van der Waals surface area contributed by atoms with Crippen molar-refractivity contribution in [3.05, 3.63) is 48.3 Å². The van der Waals surface area contributed by atoms with Crippen molar-refractivity contribution >= 4 is 10.0 Å². The van der Waals surface area contributed by atoms with Gasteiger partial charge in [0.15, 0.2) is 0 Å². The number of aromatic nitrogens is 3. The van der Waals surface area contributed by atoms with E-state index >= 15 is 0 Å². The van der Waals surface area contributed by atoms with Gasteiger partial charge in [-0.15, -0.1) is 0 Å². The highest BCUT2D eigenvalue weighted by Gasteiger charge is 2.17. The van der Waals surface area contributed by atoms with E-state index in [1.807, 2.05) is 30.3 Å². The van der Waals surface area contributed by atoms with Crippen LogP contribution >= 0.6 is 0 Å². The van der Waals surface area contributed by atoms with Crippen LogP contribution in [0.5, 0.6) is 0 Å². The SMILES string of the molecule is CS(=O)(=O)NC(Cn1nccn1)c1ccccc1. The molecule has 0 spiro atoms. The summed E-state index contributed by atoms with van der Waals surface area (Å²) in [6.07, 6.45) is 4.25. The average molecular weight is 266 g/mol. The first-order valence-corrected chi connectivity index (χ1v) is 7.30. The molecule has 7 heteroatoms. The van der Waals surface area contributed by atoms with E-state index in [4.69, 9.17) is 0 Å². The van der Waals surface area contributed by atoms with E-state index < -0.39 is 10.0 Å². The first-order valence-electron chi connectivity index (χ1n) is 5.41. The number of benzene rings is 1. The van der Waals surface area contributed by atoms with Crippen LogP contribution in [0.3, 0.4) is 0 Å². The van der Waals surface area contributed by atoms with E-state index in [1.54, 1.807) is 12.4 Å². The molecule has 0 fully saturated rings. The Morgan fingerprint density at radius 3 is 2.39 bits per heavy atom. The van der Waals surface area contributed by atoms with Gasteiger partial charge in [-0.1, -0.05) is 30.3 Å². The van der Waals surface area contributed by atoms with Crippen LogP contribution < -0.4 is 4.72 Å². The molecule has 0 bridgehead atoms. The fourth-order valence-corrected chi connectivity index (χ4v) is 2.38. The van der Waals surface area contributed by atoms with Crippen molar-refractivity contribution in [1.29, 1.82) is 0 Å². The Kier molecular flexibility index (Phi) is 3.73. The summed E-state index contributed by atoms with van der Waals surface area (Å²) in [5.41, 5.74) is 0.875. The van der Waals surface area contributed by atoms with Gasteiger partial charge in [0.05, 0.1) is 31.2 Å². The molecule has 1 aromatic carbocycles. The lowest BCUT2D eigenvalue weighted by Crippen LogP contribution is -2.31. The van der Waals surface area contributed by atoms with E-state index in [0.717, 1.165) is 11.8 Å². The van der Waals surface area contributed by atoms with Gasteiger partial charge in [-0.25, -0.2) is 13.1 Å². The largest absolute Gasteiger partial charge is 0.213 e. The van der Waals surface area contributed by atoms with Crippen molar-refractivity contribution in [2.75, 3.05) is 6.26 Å². The van der Waals surface area contributed by atoms with E-state index in [0.29, 0.717) is 6.54 Å². The number of hydrogen-bond donors (Lipinski definition) is 1. The van der Waals surface area contributed by atoms with Crippen LogP contribution in [0.1, 0.15) is 11.6 Å². The third-order valence-electron chi connectivity index (χ3n) is 2.37. The first kappa shape index (κ1) is 12.7. The molecule has 18 heavy (non-hydrogen) atoms. The number of rotatable bonds is 5. The molecule has 6 nitrogen and oxygen atoms in total. The molecule has 1 N–H and O–H groups in total. The quantitative estimate of drug-likeness (QED) is 0.858. The van der Waals surface area contributed by atoms with Crippen LogP contribution in [0.15, 0.2) is 42.7 Å². The Labute approximate surface area is 106 Å². The van der Waals surface area contributed by atoms with Crippen LogP contribution in [-0.4, -0.2) is 29.7 Å². The van der Waals surface area contributed by atoms with Gasteiger partial charge in [0, 0.05) is 0 Å². The minimum absolute atomic E-state index is 0.351. The van der Waals surface area contributed by atoms with Gasteiger partial charge in [-0.05, 0) is 5.56 Å². The van der Waals surface area contributed by atoms with Gasteiger partial charge in [-0.3, -0.25) is 0 Å². The van der Waals surface area contributed by atoms with Crippen LogP contribution in [0.2, 0.25) is 0 Å². The Hall–Kier alpha value is -1.73. The number of nitrogens with zero attached hydrogens (tertiary/aromatic N) is 3. The normalized spacial score (nSPS) is 13.4. The Morgan fingerprint density at radius 2 is 1.83 bits per heavy atom. The summed E-state index contributed by atoms with van der Waals surface area (Å²) in [5.74, 6) is 0. The van der Waals surface area contributed by atoms with Crippen molar-refractivity contribution in [3.8, 4) is 0 Å². The Bertz CT molecular complexity index is 581. The predicted molar refractivity (Wildman–Crippen MR) is 67.2 cm³/mol. The lowest BCUT2D eigenvalue weighted by Gasteiger charge is -2.17. The van der Waals surface area contributed by atoms with E-state index in [1.165, 1.54) is 4.80 Å². The van der Waals surface area contributed by atoms with Crippen molar-refractivity contribution in [3.63, 3.8) is 0 Å². The molecule has 1 heterocycles. The molecule has 0 aliphatic carbocycles. The van der Waals surface area contributed by atoms with E-state index in [2.05, 4.69) is 14.9 Å². The van der Waals surface area contributed by atoms with Gasteiger partial charge in [0.2, 0.25) is 10.0 Å². The molecular weight excluding hydrogens is 252 g/mol. The third kappa shape index (κ3) is 3.64. The summed E-state index contributed by atoms with van der Waals surface area (Å²) in [7, 11) is -3.29. The zero-order valence-electron chi connectivity index (χ0n) is 9.89. The van der Waals surface area contributed by atoms with Crippen LogP contribution in [0.4, 0.5) is 0 Å². The van der Waals surface area contributed by atoms with Crippen molar-refractivity contribution in [2.24, 2.45) is 0 Å². The van der Waals surface area contributed by atoms with Crippen molar-refractivity contribution in [2.45, 2.75) is 12.6 Å². The highest BCUT2D eigenvalue weighted by atomic mass is 32.2. The molecule has 1 atom stereocenters. The second-order valence-corrected chi connectivity index (χ2v) is 5.72. The molecule has 1 unspecified atom stereocenters. The third-order valence-corrected chi connectivity index (χ3v) is 3.08. The maximum absolute atomic E-state index is 11.4. The van der Waals surface area contributed by atoms with Crippen LogP contribution in [-0.2, 0) is 16.6 Å². The minimum atomic E-state index is -3.29. The Balaban J connectivity index is 2.23. The summed E-state index contributed by atoms with van der Waals surface area (Å²) < 4.78 is 25.3. The molecular formula is C11H14N4O2S. The molecule has 0 saturated heterocycles. The summed E-state index contributed by atoms with van der Waals surface area (Å²) in [5, 5.41) is 7.96. The molecule has 0 radical (unpaired) electrons. The highest BCUT2D eigenvalue weighted by molar-refractivity contribution is 7.88. The Morgan fingerprint density at radius 1 is 1.22 bits per heavy atom. The molecule has 2 rings (SSSR count). The number of nitrogens with one attached hydrogen (secondary N) is 1. The predicted octanol–water partition coefficient (Wildman–Crippen LogP) is 0.569. The van der Waals surface area contributed by atoms with Gasteiger partial charge < -0.3 is 0 Å². The maximum atomic E-state index is 11.4. The smallest absolute Gasteiger partial charge is 0.209 e. The molecule has 0 saturated carbocycles. The second kappa shape index (κ2) is 5.28. The second-order valence-electron chi connectivity index (χ2n) is 3.94. The molecule has 2 aromatic rings. The van der Waals surface area contributed by atoms with Gasteiger partial charge in [0.1, 0.15) is 0 Å². The standard InChI is InChI=1S/C11H14N4O2S/c1-18(16,17)14-11(9-15-12-7-8-13-15)10-5-3-2-4-6-10/h2-8,11,14H,9H2,1H3. The first-order chi connectivity index (χ1) is 8.54. The van der Waals surface area contributed by atoms with E-state index in [-0.39, 0.29) is 6.04 Å². The molecule has 0 amide bonds. The highest BCUT2D eigenvalue weighted by Crippen LogP contribution is 2.14. The number of sulfonamides is 1. The lowest BCUT2D eigenvalue weighted by atomic mass is 10.1. The summed E-state index contributed by atoms with van der Waals surface area (Å²) >= 11 is 0. The summed E-state index contributed by atoms with van der Waals surface area (Å²) in [4.78, 5) is 1.45. The van der Waals surface area contributed by atoms with E-state index in [9.17, 15) is 8.42 Å². The van der Waals surface area contributed by atoms with Crippen molar-refractivity contribution < 1.29 is 8.42 Å². The molecule has 0 aliphatic rings. The molecule has 0 aliphatic heterocycles. The summed E-state index contributed by atoms with van der Waals surface area (Å²) in [6.45, 7) is 0.351. The van der Waals surface area contributed by atoms with Crippen LogP contribution in [0, 0.1) is 0 Å². The van der Waals surface area contributed by atoms with Gasteiger partial charge in [-0.2, -0.15) is 15.0 Å². The molecule has 1 aromatic heterocycles. The minimum Gasteiger partial charge on any atom is -0.213 e. The zero-order chi connectivity index (χ0) is 13.0.